The standard InChI is InChI=1S/C32H42ClNO5/c1-6-22(8-7-21(4)33)31-27-19-29(39-20(2)3)28(37-5)17-25(27)18-30(35)34(31)26-11-9-23(10-12-26)32(36)24-13-15-38-16-14-24/h6-8,17,19-20,23-24,26,31H,4,9-16,18H2,1-3,5H3/b8-7-,22-6+. The lowest BCUT2D eigenvalue weighted by Crippen LogP contribution is -2.49. The molecule has 2 heterocycles. The Morgan fingerprint density at radius 1 is 1.08 bits per heavy atom. The summed E-state index contributed by atoms with van der Waals surface area (Å²) in [6.07, 6.45) is 10.9. The van der Waals surface area contributed by atoms with Crippen molar-refractivity contribution in [1.82, 2.24) is 4.90 Å². The summed E-state index contributed by atoms with van der Waals surface area (Å²) < 4.78 is 17.2. The van der Waals surface area contributed by atoms with E-state index < -0.39 is 0 Å². The van der Waals surface area contributed by atoms with E-state index in [0.29, 0.717) is 41.9 Å². The van der Waals surface area contributed by atoms with Gasteiger partial charge in [-0.1, -0.05) is 30.3 Å². The summed E-state index contributed by atoms with van der Waals surface area (Å²) in [5.74, 6) is 1.96. The van der Waals surface area contributed by atoms with Crippen LogP contribution in [0.3, 0.4) is 0 Å². The van der Waals surface area contributed by atoms with Gasteiger partial charge in [0.2, 0.25) is 5.91 Å². The second-order valence-electron chi connectivity index (χ2n) is 11.1. The number of rotatable bonds is 9. The fourth-order valence-electron chi connectivity index (χ4n) is 6.32. The van der Waals surface area contributed by atoms with Crippen molar-refractivity contribution < 1.29 is 23.8 Å². The van der Waals surface area contributed by atoms with E-state index in [0.717, 1.165) is 55.2 Å². The van der Waals surface area contributed by atoms with E-state index >= 15 is 0 Å². The van der Waals surface area contributed by atoms with E-state index in [1.165, 1.54) is 0 Å². The summed E-state index contributed by atoms with van der Waals surface area (Å²) in [4.78, 5) is 29.1. The van der Waals surface area contributed by atoms with Crippen LogP contribution >= 0.6 is 11.6 Å². The molecule has 1 aromatic carbocycles. The molecule has 7 heteroatoms. The number of halogens is 1. The molecule has 3 aliphatic rings. The zero-order chi connectivity index (χ0) is 28.1. The summed E-state index contributed by atoms with van der Waals surface area (Å²) >= 11 is 6.10. The van der Waals surface area contributed by atoms with E-state index in [1.807, 2.05) is 45.1 Å². The van der Waals surface area contributed by atoms with Crippen molar-refractivity contribution >= 4 is 23.3 Å². The van der Waals surface area contributed by atoms with Crippen molar-refractivity contribution in [2.45, 2.75) is 83.9 Å². The Bertz CT molecular complexity index is 1130. The van der Waals surface area contributed by atoms with Gasteiger partial charge in [0.15, 0.2) is 11.5 Å². The highest BCUT2D eigenvalue weighted by molar-refractivity contribution is 6.30. The molecule has 0 aromatic heterocycles. The molecule has 1 aliphatic carbocycles. The number of fused-ring (bicyclic) bond motifs is 1. The first-order valence-electron chi connectivity index (χ1n) is 14.2. The average molecular weight is 556 g/mol. The third kappa shape index (κ3) is 6.78. The van der Waals surface area contributed by atoms with Gasteiger partial charge in [-0.05, 0) is 94.2 Å². The van der Waals surface area contributed by atoms with Gasteiger partial charge in [-0.15, -0.1) is 0 Å². The van der Waals surface area contributed by atoms with Gasteiger partial charge in [0.05, 0.1) is 25.7 Å². The first-order chi connectivity index (χ1) is 18.7. The van der Waals surface area contributed by atoms with Gasteiger partial charge in [-0.2, -0.15) is 0 Å². The number of methoxy groups -OCH3 is 1. The highest BCUT2D eigenvalue weighted by Crippen LogP contribution is 2.45. The van der Waals surface area contributed by atoms with Gasteiger partial charge in [-0.25, -0.2) is 0 Å². The molecule has 0 bridgehead atoms. The van der Waals surface area contributed by atoms with Crippen LogP contribution in [0.15, 0.2) is 47.5 Å². The lowest BCUT2D eigenvalue weighted by Gasteiger charge is -2.45. The minimum Gasteiger partial charge on any atom is -0.493 e. The summed E-state index contributed by atoms with van der Waals surface area (Å²) in [7, 11) is 1.62. The maximum Gasteiger partial charge on any atom is 0.228 e. The average Bonchev–Trinajstić information content (AvgIpc) is 2.93. The lowest BCUT2D eigenvalue weighted by molar-refractivity contribution is -0.137. The van der Waals surface area contributed by atoms with Crippen LogP contribution in [0.5, 0.6) is 11.5 Å². The first-order valence-corrected chi connectivity index (χ1v) is 14.6. The molecule has 0 spiro atoms. The smallest absolute Gasteiger partial charge is 0.228 e. The topological polar surface area (TPSA) is 65.1 Å². The molecule has 2 fully saturated rings. The third-order valence-corrected chi connectivity index (χ3v) is 8.34. The van der Waals surface area contributed by atoms with Crippen LogP contribution in [-0.2, 0) is 20.7 Å². The Morgan fingerprint density at radius 3 is 2.33 bits per heavy atom. The van der Waals surface area contributed by atoms with Crippen molar-refractivity contribution in [1.29, 1.82) is 0 Å². The van der Waals surface area contributed by atoms with Crippen molar-refractivity contribution in [3.05, 3.63) is 58.7 Å². The van der Waals surface area contributed by atoms with Crippen LogP contribution in [0.2, 0.25) is 0 Å². The minimum absolute atomic E-state index is 0.0269. The Labute approximate surface area is 238 Å². The van der Waals surface area contributed by atoms with Gasteiger partial charge in [-0.3, -0.25) is 9.59 Å². The first kappa shape index (κ1) is 29.4. The van der Waals surface area contributed by atoms with Gasteiger partial charge in [0.25, 0.3) is 0 Å². The Morgan fingerprint density at radius 2 is 1.74 bits per heavy atom. The van der Waals surface area contributed by atoms with Crippen LogP contribution in [0.1, 0.15) is 76.5 Å². The van der Waals surface area contributed by atoms with Crippen LogP contribution in [-0.4, -0.2) is 49.1 Å². The molecule has 1 unspecified atom stereocenters. The number of allylic oxidation sites excluding steroid dienone is 3. The van der Waals surface area contributed by atoms with Gasteiger partial charge >= 0.3 is 0 Å². The molecule has 2 aliphatic heterocycles. The van der Waals surface area contributed by atoms with Gasteiger partial charge in [0.1, 0.15) is 5.78 Å². The van der Waals surface area contributed by atoms with E-state index in [2.05, 4.69) is 11.5 Å². The number of ketones is 1. The summed E-state index contributed by atoms with van der Waals surface area (Å²) in [6, 6.07) is 3.72. The van der Waals surface area contributed by atoms with E-state index in [4.69, 9.17) is 25.8 Å². The Kier molecular flexibility index (Phi) is 9.95. The summed E-state index contributed by atoms with van der Waals surface area (Å²) in [6.45, 7) is 11.1. The Hall–Kier alpha value is -2.57. The van der Waals surface area contributed by atoms with E-state index in [-0.39, 0.29) is 35.9 Å². The maximum absolute atomic E-state index is 13.8. The number of hydrogen-bond donors (Lipinski definition) is 0. The lowest BCUT2D eigenvalue weighted by atomic mass is 9.76. The molecule has 39 heavy (non-hydrogen) atoms. The summed E-state index contributed by atoms with van der Waals surface area (Å²) in [5.41, 5.74) is 2.94. The number of nitrogens with zero attached hydrogens (tertiary/aromatic N) is 1. The predicted octanol–water partition coefficient (Wildman–Crippen LogP) is 6.72. The molecule has 6 nitrogen and oxygen atoms in total. The zero-order valence-corrected chi connectivity index (χ0v) is 24.5. The molecule has 1 aromatic rings. The number of amides is 1. The number of carbonyl (C=O) groups is 2. The summed E-state index contributed by atoms with van der Waals surface area (Å²) in [5, 5.41) is 0.425. The van der Waals surface area contributed by atoms with Crippen LogP contribution in [0, 0.1) is 11.8 Å². The molecular weight excluding hydrogens is 514 g/mol. The third-order valence-electron chi connectivity index (χ3n) is 8.21. The van der Waals surface area contributed by atoms with E-state index in [9.17, 15) is 9.59 Å². The quantitative estimate of drug-likeness (QED) is 0.316. The van der Waals surface area contributed by atoms with E-state index in [1.54, 1.807) is 13.2 Å². The van der Waals surface area contributed by atoms with Crippen molar-refractivity contribution in [2.75, 3.05) is 20.3 Å². The fraction of sp³-hybridized carbons (Fsp3) is 0.562. The minimum atomic E-state index is -0.299. The fourth-order valence-corrected chi connectivity index (χ4v) is 6.38. The molecular formula is C32H42ClNO5. The predicted molar refractivity (Wildman–Crippen MR) is 154 cm³/mol. The SMILES string of the molecule is C=C(Cl)/C=C\C(=C/C)C1c2cc(OC(C)C)c(OC)cc2CC(=O)N1C1CCC(C(=O)C2CCOCC2)CC1. The second-order valence-corrected chi connectivity index (χ2v) is 11.6. The van der Waals surface area contributed by atoms with Crippen molar-refractivity contribution in [2.24, 2.45) is 11.8 Å². The van der Waals surface area contributed by atoms with Crippen molar-refractivity contribution in [3.8, 4) is 11.5 Å². The van der Waals surface area contributed by atoms with Gasteiger partial charge < -0.3 is 19.1 Å². The molecule has 1 amide bonds. The zero-order valence-electron chi connectivity index (χ0n) is 23.7. The molecule has 4 rings (SSSR count). The largest absolute Gasteiger partial charge is 0.493 e. The number of Topliss-reactive ketones (excluding diaryl/α,β-unsaturated/α-hetero) is 1. The molecule has 0 radical (unpaired) electrons. The van der Waals surface area contributed by atoms with Gasteiger partial charge in [0, 0.05) is 36.1 Å². The molecule has 1 saturated heterocycles. The number of hydrogen-bond acceptors (Lipinski definition) is 5. The maximum atomic E-state index is 13.8. The number of benzene rings is 1. The normalized spacial score (nSPS) is 24.7. The number of ether oxygens (including phenoxy) is 3. The molecule has 212 valence electrons. The van der Waals surface area contributed by atoms with Crippen molar-refractivity contribution in [3.63, 3.8) is 0 Å². The number of carbonyl (C=O) groups excluding carboxylic acids is 2. The van der Waals surface area contributed by atoms with Crippen LogP contribution < -0.4 is 9.47 Å². The van der Waals surface area contributed by atoms with Crippen LogP contribution in [0.25, 0.3) is 0 Å². The Balaban J connectivity index is 1.66. The van der Waals surface area contributed by atoms with Crippen LogP contribution in [0.4, 0.5) is 0 Å². The monoisotopic (exact) mass is 555 g/mol. The molecule has 1 atom stereocenters. The second kappa shape index (κ2) is 13.2. The highest BCUT2D eigenvalue weighted by Gasteiger charge is 2.41. The highest BCUT2D eigenvalue weighted by atomic mass is 35.5. The molecule has 0 N–H and O–H groups in total. The molecule has 1 saturated carbocycles.